The second-order valence-electron chi connectivity index (χ2n) is 5.45. The number of anilines is 1. The van der Waals surface area contributed by atoms with Crippen LogP contribution in [0, 0.1) is 11.6 Å². The van der Waals surface area contributed by atoms with Crippen molar-refractivity contribution in [1.29, 1.82) is 0 Å². The Morgan fingerprint density at radius 3 is 2.68 bits per heavy atom. The highest BCUT2D eigenvalue weighted by molar-refractivity contribution is 6.43. The van der Waals surface area contributed by atoms with E-state index in [4.69, 9.17) is 0 Å². The predicted octanol–water partition coefficient (Wildman–Crippen LogP) is 2.57. The minimum absolute atomic E-state index is 0.0853. The third-order valence-electron chi connectivity index (χ3n) is 3.74. The van der Waals surface area contributed by atoms with Crippen LogP contribution < -0.4 is 5.32 Å². The summed E-state index contributed by atoms with van der Waals surface area (Å²) in [5.74, 6) is -2.27. The number of benzene rings is 1. The van der Waals surface area contributed by atoms with Crippen molar-refractivity contribution in [2.75, 3.05) is 12.4 Å². The first kappa shape index (κ1) is 16.7. The Balaban J connectivity index is 1.75. The summed E-state index contributed by atoms with van der Waals surface area (Å²) < 4.78 is 27.1. The van der Waals surface area contributed by atoms with E-state index in [1.807, 2.05) is 0 Å². The number of halogens is 2. The van der Waals surface area contributed by atoms with Crippen molar-refractivity contribution >= 4 is 23.3 Å². The van der Waals surface area contributed by atoms with Gasteiger partial charge in [0.2, 0.25) is 5.91 Å². The second-order valence-corrected chi connectivity index (χ2v) is 5.45. The van der Waals surface area contributed by atoms with E-state index in [0.717, 1.165) is 11.1 Å². The fourth-order valence-corrected chi connectivity index (χ4v) is 2.38. The maximum absolute atomic E-state index is 13.8. The molecule has 0 saturated heterocycles. The van der Waals surface area contributed by atoms with Gasteiger partial charge in [-0.05, 0) is 18.2 Å². The third-order valence-corrected chi connectivity index (χ3v) is 3.74. The van der Waals surface area contributed by atoms with Crippen molar-refractivity contribution in [2.45, 2.75) is 12.8 Å². The van der Waals surface area contributed by atoms with Gasteiger partial charge in [0.05, 0.1) is 0 Å². The SMILES string of the molecule is CN1N=C(C(=O)Nc2ccc(-c3cccc(F)c3F)cn2)CCC1=O. The summed E-state index contributed by atoms with van der Waals surface area (Å²) in [5.41, 5.74) is 0.696. The van der Waals surface area contributed by atoms with E-state index in [2.05, 4.69) is 15.4 Å². The lowest BCUT2D eigenvalue weighted by atomic mass is 10.1. The van der Waals surface area contributed by atoms with Gasteiger partial charge in [-0.15, -0.1) is 0 Å². The van der Waals surface area contributed by atoms with Crippen molar-refractivity contribution in [2.24, 2.45) is 5.10 Å². The Bertz CT molecular complexity index is 865. The smallest absolute Gasteiger partial charge is 0.273 e. The summed E-state index contributed by atoms with van der Waals surface area (Å²) in [4.78, 5) is 27.5. The van der Waals surface area contributed by atoms with E-state index in [1.165, 1.54) is 37.5 Å². The number of hydrazone groups is 1. The molecule has 1 aliphatic rings. The lowest BCUT2D eigenvalue weighted by Gasteiger charge is -2.18. The number of pyridine rings is 1. The molecule has 25 heavy (non-hydrogen) atoms. The van der Waals surface area contributed by atoms with Gasteiger partial charge >= 0.3 is 0 Å². The van der Waals surface area contributed by atoms with Gasteiger partial charge in [0.15, 0.2) is 11.6 Å². The Kier molecular flexibility index (Phi) is 4.51. The highest BCUT2D eigenvalue weighted by Crippen LogP contribution is 2.24. The van der Waals surface area contributed by atoms with Gasteiger partial charge in [-0.25, -0.2) is 18.8 Å². The molecule has 0 saturated carbocycles. The molecule has 1 aromatic heterocycles. The largest absolute Gasteiger partial charge is 0.305 e. The van der Waals surface area contributed by atoms with Crippen LogP contribution in [0.25, 0.3) is 11.1 Å². The molecule has 0 bridgehead atoms. The van der Waals surface area contributed by atoms with E-state index < -0.39 is 17.5 Å². The van der Waals surface area contributed by atoms with E-state index >= 15 is 0 Å². The molecule has 6 nitrogen and oxygen atoms in total. The van der Waals surface area contributed by atoms with Gasteiger partial charge in [0.25, 0.3) is 5.91 Å². The van der Waals surface area contributed by atoms with E-state index in [-0.39, 0.29) is 35.8 Å². The molecule has 1 N–H and O–H groups in total. The first-order valence-electron chi connectivity index (χ1n) is 7.51. The molecular weight excluding hydrogens is 330 g/mol. The predicted molar refractivity (Wildman–Crippen MR) is 87.7 cm³/mol. The summed E-state index contributed by atoms with van der Waals surface area (Å²) in [5, 5.41) is 7.61. The minimum Gasteiger partial charge on any atom is -0.305 e. The van der Waals surface area contributed by atoms with Crippen molar-refractivity contribution in [3.8, 4) is 11.1 Å². The molecule has 1 aliphatic heterocycles. The number of aromatic nitrogens is 1. The molecule has 128 valence electrons. The molecule has 2 amide bonds. The number of nitrogens with zero attached hydrogens (tertiary/aromatic N) is 3. The molecule has 0 radical (unpaired) electrons. The number of carbonyl (C=O) groups is 2. The Morgan fingerprint density at radius 2 is 2.00 bits per heavy atom. The van der Waals surface area contributed by atoms with Crippen LogP contribution in [-0.2, 0) is 9.59 Å². The number of nitrogens with one attached hydrogen (secondary N) is 1. The van der Waals surface area contributed by atoms with Crippen molar-refractivity contribution < 1.29 is 18.4 Å². The zero-order chi connectivity index (χ0) is 18.0. The number of hydrogen-bond acceptors (Lipinski definition) is 4. The number of hydrogen-bond donors (Lipinski definition) is 1. The Morgan fingerprint density at radius 1 is 1.20 bits per heavy atom. The summed E-state index contributed by atoms with van der Waals surface area (Å²) in [6, 6.07) is 6.89. The molecule has 0 spiro atoms. The van der Waals surface area contributed by atoms with Gasteiger partial charge in [0.1, 0.15) is 11.5 Å². The van der Waals surface area contributed by atoms with Gasteiger partial charge in [-0.1, -0.05) is 12.1 Å². The lowest BCUT2D eigenvalue weighted by Crippen LogP contribution is -2.34. The Hall–Kier alpha value is -3.16. The van der Waals surface area contributed by atoms with Crippen LogP contribution in [0.2, 0.25) is 0 Å². The monoisotopic (exact) mass is 344 g/mol. The lowest BCUT2D eigenvalue weighted by molar-refractivity contribution is -0.130. The fourth-order valence-electron chi connectivity index (χ4n) is 2.38. The van der Waals surface area contributed by atoms with Crippen LogP contribution in [-0.4, -0.2) is 34.6 Å². The molecule has 0 aliphatic carbocycles. The molecule has 0 fully saturated rings. The van der Waals surface area contributed by atoms with E-state index in [1.54, 1.807) is 0 Å². The highest BCUT2D eigenvalue weighted by atomic mass is 19.2. The molecule has 0 unspecified atom stereocenters. The molecule has 0 atom stereocenters. The third kappa shape index (κ3) is 3.52. The van der Waals surface area contributed by atoms with Crippen molar-refractivity contribution in [3.05, 3.63) is 48.2 Å². The van der Waals surface area contributed by atoms with Crippen LogP contribution in [0.3, 0.4) is 0 Å². The minimum atomic E-state index is -0.953. The first-order chi connectivity index (χ1) is 12.0. The van der Waals surface area contributed by atoms with Crippen LogP contribution in [0.4, 0.5) is 14.6 Å². The number of rotatable bonds is 3. The topological polar surface area (TPSA) is 74.7 Å². The van der Waals surface area contributed by atoms with E-state index in [0.29, 0.717) is 5.56 Å². The molecule has 8 heteroatoms. The molecule has 3 rings (SSSR count). The first-order valence-corrected chi connectivity index (χ1v) is 7.51. The van der Waals surface area contributed by atoms with Gasteiger partial charge in [-0.3, -0.25) is 9.59 Å². The van der Waals surface area contributed by atoms with E-state index in [9.17, 15) is 18.4 Å². The standard InChI is InChI=1S/C17H14F2N4O2/c1-23-15(24)8-6-13(22-23)17(25)21-14-7-5-10(9-20-14)11-3-2-4-12(18)16(11)19/h2-5,7,9H,6,8H2,1H3,(H,20,21,25). The van der Waals surface area contributed by atoms with Gasteiger partial charge in [0, 0.05) is 37.2 Å². The average Bonchev–Trinajstić information content (AvgIpc) is 2.60. The maximum atomic E-state index is 13.8. The summed E-state index contributed by atoms with van der Waals surface area (Å²) in [6.07, 6.45) is 1.81. The average molecular weight is 344 g/mol. The van der Waals surface area contributed by atoms with Crippen LogP contribution in [0.15, 0.2) is 41.6 Å². The highest BCUT2D eigenvalue weighted by Gasteiger charge is 2.22. The summed E-state index contributed by atoms with van der Waals surface area (Å²) in [6.45, 7) is 0. The maximum Gasteiger partial charge on any atom is 0.273 e. The second kappa shape index (κ2) is 6.76. The molecule has 1 aromatic carbocycles. The molecule has 2 heterocycles. The van der Waals surface area contributed by atoms with Crippen LogP contribution >= 0.6 is 0 Å². The summed E-state index contributed by atoms with van der Waals surface area (Å²) >= 11 is 0. The zero-order valence-corrected chi connectivity index (χ0v) is 13.3. The number of amides is 2. The zero-order valence-electron chi connectivity index (χ0n) is 13.3. The number of carbonyl (C=O) groups excluding carboxylic acids is 2. The summed E-state index contributed by atoms with van der Waals surface area (Å²) in [7, 11) is 1.48. The van der Waals surface area contributed by atoms with Crippen LogP contribution in [0.5, 0.6) is 0 Å². The van der Waals surface area contributed by atoms with Gasteiger partial charge < -0.3 is 5.32 Å². The van der Waals surface area contributed by atoms with Crippen molar-refractivity contribution in [3.63, 3.8) is 0 Å². The van der Waals surface area contributed by atoms with Crippen LogP contribution in [0.1, 0.15) is 12.8 Å². The molecule has 2 aromatic rings. The van der Waals surface area contributed by atoms with Crippen molar-refractivity contribution in [1.82, 2.24) is 9.99 Å². The molecular formula is C17H14F2N4O2. The Labute approximate surface area is 142 Å². The van der Waals surface area contributed by atoms with Gasteiger partial charge in [-0.2, -0.15) is 5.10 Å². The normalized spacial score (nSPS) is 14.3. The fraction of sp³-hybridized carbons (Fsp3) is 0.176. The quantitative estimate of drug-likeness (QED) is 0.930.